The average Bonchev–Trinajstić information content (AvgIpc) is 2.87. The van der Waals surface area contributed by atoms with Gasteiger partial charge in [0, 0.05) is 6.54 Å². The average molecular weight is 252 g/mol. The molecule has 0 atom stereocenters. The van der Waals surface area contributed by atoms with Crippen LogP contribution in [0.4, 0.5) is 0 Å². The van der Waals surface area contributed by atoms with Gasteiger partial charge in [-0.25, -0.2) is 0 Å². The Labute approximate surface area is 113 Å². The molecule has 106 valence electrons. The molecule has 0 bridgehead atoms. The van der Waals surface area contributed by atoms with Crippen molar-refractivity contribution < 1.29 is 0 Å². The van der Waals surface area contributed by atoms with Gasteiger partial charge in [0.2, 0.25) is 0 Å². The Bertz CT molecular complexity index is 234. The number of hydrogen-bond acceptors (Lipinski definition) is 2. The monoisotopic (exact) mass is 252 g/mol. The van der Waals surface area contributed by atoms with Crippen molar-refractivity contribution in [3.63, 3.8) is 0 Å². The van der Waals surface area contributed by atoms with Crippen LogP contribution in [-0.2, 0) is 0 Å². The van der Waals surface area contributed by atoms with Crippen molar-refractivity contribution in [2.75, 3.05) is 26.2 Å². The summed E-state index contributed by atoms with van der Waals surface area (Å²) in [5.74, 6) is 0. The highest BCUT2D eigenvalue weighted by atomic mass is 15.1. The second-order valence-electron chi connectivity index (χ2n) is 6.89. The van der Waals surface area contributed by atoms with E-state index in [1.54, 1.807) is 0 Å². The van der Waals surface area contributed by atoms with Crippen molar-refractivity contribution in [1.82, 2.24) is 4.90 Å². The highest BCUT2D eigenvalue weighted by Crippen LogP contribution is 2.46. The third kappa shape index (κ3) is 2.91. The van der Waals surface area contributed by atoms with Gasteiger partial charge in [-0.15, -0.1) is 0 Å². The molecule has 2 heteroatoms. The predicted molar refractivity (Wildman–Crippen MR) is 78.6 cm³/mol. The minimum atomic E-state index is 0.375. The summed E-state index contributed by atoms with van der Waals surface area (Å²) in [7, 11) is 0. The summed E-state index contributed by atoms with van der Waals surface area (Å²) in [4.78, 5) is 2.70. The molecular weight excluding hydrogens is 220 g/mol. The van der Waals surface area contributed by atoms with Crippen LogP contribution in [0.5, 0.6) is 0 Å². The fourth-order valence-electron chi connectivity index (χ4n) is 4.11. The van der Waals surface area contributed by atoms with Crippen molar-refractivity contribution in [2.24, 2.45) is 16.6 Å². The number of rotatable bonds is 5. The second kappa shape index (κ2) is 5.92. The summed E-state index contributed by atoms with van der Waals surface area (Å²) in [5.41, 5.74) is 7.16. The Morgan fingerprint density at radius 3 is 2.00 bits per heavy atom. The van der Waals surface area contributed by atoms with Crippen LogP contribution >= 0.6 is 0 Å². The van der Waals surface area contributed by atoms with Crippen LogP contribution in [0.1, 0.15) is 65.2 Å². The smallest absolute Gasteiger partial charge is 0.00499 e. The first-order chi connectivity index (χ1) is 8.67. The van der Waals surface area contributed by atoms with E-state index < -0.39 is 0 Å². The van der Waals surface area contributed by atoms with Crippen LogP contribution < -0.4 is 5.73 Å². The van der Waals surface area contributed by atoms with Gasteiger partial charge in [-0.2, -0.15) is 0 Å². The summed E-state index contributed by atoms with van der Waals surface area (Å²) in [6.07, 6.45) is 11.3. The zero-order chi connectivity index (χ0) is 13.1. The first-order valence-corrected chi connectivity index (χ1v) is 8.10. The Hall–Kier alpha value is -0.0800. The molecule has 1 saturated heterocycles. The van der Waals surface area contributed by atoms with E-state index in [-0.39, 0.29) is 0 Å². The summed E-state index contributed by atoms with van der Waals surface area (Å²) in [5, 5.41) is 0. The molecule has 2 nitrogen and oxygen atoms in total. The van der Waals surface area contributed by atoms with Crippen LogP contribution in [0.15, 0.2) is 0 Å². The molecule has 1 saturated carbocycles. The van der Waals surface area contributed by atoms with Crippen molar-refractivity contribution in [1.29, 1.82) is 0 Å². The normalized spacial score (nSPS) is 24.8. The predicted octanol–water partition coefficient (Wildman–Crippen LogP) is 3.41. The van der Waals surface area contributed by atoms with E-state index in [0.717, 1.165) is 12.0 Å². The van der Waals surface area contributed by atoms with Crippen LogP contribution in [0.2, 0.25) is 0 Å². The van der Waals surface area contributed by atoms with Crippen LogP contribution in [-0.4, -0.2) is 31.1 Å². The van der Waals surface area contributed by atoms with Gasteiger partial charge >= 0.3 is 0 Å². The van der Waals surface area contributed by atoms with Crippen molar-refractivity contribution in [3.05, 3.63) is 0 Å². The Morgan fingerprint density at radius 1 is 1.00 bits per heavy atom. The lowest BCUT2D eigenvalue weighted by Crippen LogP contribution is -2.46. The van der Waals surface area contributed by atoms with Gasteiger partial charge in [0.15, 0.2) is 0 Å². The SMILES string of the molecule is CCC(CC)(CN)CN1CCC2(CCCC2)CC1. The topological polar surface area (TPSA) is 29.3 Å². The molecule has 18 heavy (non-hydrogen) atoms. The van der Waals surface area contributed by atoms with Gasteiger partial charge in [-0.05, 0) is 69.0 Å². The molecule has 2 N–H and O–H groups in total. The highest BCUT2D eigenvalue weighted by molar-refractivity contribution is 4.91. The molecular formula is C16H32N2. The molecule has 0 aromatic heterocycles. The molecule has 2 rings (SSSR count). The van der Waals surface area contributed by atoms with Crippen molar-refractivity contribution in [3.8, 4) is 0 Å². The largest absolute Gasteiger partial charge is 0.330 e. The van der Waals surface area contributed by atoms with E-state index >= 15 is 0 Å². The quantitative estimate of drug-likeness (QED) is 0.812. The minimum absolute atomic E-state index is 0.375. The van der Waals surface area contributed by atoms with Gasteiger partial charge in [0.25, 0.3) is 0 Å². The zero-order valence-electron chi connectivity index (χ0n) is 12.5. The van der Waals surface area contributed by atoms with E-state index in [9.17, 15) is 0 Å². The molecule has 0 aromatic carbocycles. The van der Waals surface area contributed by atoms with Gasteiger partial charge in [-0.3, -0.25) is 0 Å². The third-order valence-corrected chi connectivity index (χ3v) is 6.07. The molecule has 0 aromatic rings. The highest BCUT2D eigenvalue weighted by Gasteiger charge is 2.38. The number of piperidine rings is 1. The fourth-order valence-corrected chi connectivity index (χ4v) is 4.11. The first kappa shape index (κ1) is 14.3. The van der Waals surface area contributed by atoms with Gasteiger partial charge in [-0.1, -0.05) is 26.7 Å². The van der Waals surface area contributed by atoms with E-state index in [1.807, 2.05) is 0 Å². The molecule has 1 heterocycles. The summed E-state index contributed by atoms with van der Waals surface area (Å²) < 4.78 is 0. The van der Waals surface area contributed by atoms with E-state index in [4.69, 9.17) is 5.73 Å². The summed E-state index contributed by atoms with van der Waals surface area (Å²) >= 11 is 0. The van der Waals surface area contributed by atoms with Crippen molar-refractivity contribution >= 4 is 0 Å². The molecule has 0 unspecified atom stereocenters. The second-order valence-corrected chi connectivity index (χ2v) is 6.89. The van der Waals surface area contributed by atoms with Crippen LogP contribution in [0.3, 0.4) is 0 Å². The Morgan fingerprint density at radius 2 is 1.56 bits per heavy atom. The maximum Gasteiger partial charge on any atom is 0.00499 e. The van der Waals surface area contributed by atoms with E-state index in [2.05, 4.69) is 18.7 Å². The van der Waals surface area contributed by atoms with Crippen LogP contribution in [0.25, 0.3) is 0 Å². The Kier molecular flexibility index (Phi) is 4.71. The number of hydrogen-bond donors (Lipinski definition) is 1. The molecule has 1 aliphatic heterocycles. The molecule has 1 spiro atoms. The molecule has 1 aliphatic carbocycles. The van der Waals surface area contributed by atoms with E-state index in [0.29, 0.717) is 5.41 Å². The Balaban J connectivity index is 1.85. The lowest BCUT2D eigenvalue weighted by atomic mass is 9.75. The van der Waals surface area contributed by atoms with Gasteiger partial charge in [0.1, 0.15) is 0 Å². The summed E-state index contributed by atoms with van der Waals surface area (Å²) in [6.45, 7) is 9.33. The standard InChI is InChI=1S/C16H32N2/c1-3-15(4-2,13-17)14-18-11-9-16(10-12-18)7-5-6-8-16/h3-14,17H2,1-2H3. The number of nitrogens with two attached hydrogens (primary N) is 1. The number of nitrogens with zero attached hydrogens (tertiary/aromatic N) is 1. The van der Waals surface area contributed by atoms with Crippen LogP contribution in [0, 0.1) is 10.8 Å². The third-order valence-electron chi connectivity index (χ3n) is 6.07. The fraction of sp³-hybridized carbons (Fsp3) is 1.00. The lowest BCUT2D eigenvalue weighted by Gasteiger charge is -2.43. The first-order valence-electron chi connectivity index (χ1n) is 8.10. The zero-order valence-corrected chi connectivity index (χ0v) is 12.5. The van der Waals surface area contributed by atoms with Crippen molar-refractivity contribution in [2.45, 2.75) is 65.2 Å². The van der Waals surface area contributed by atoms with Gasteiger partial charge < -0.3 is 10.6 Å². The van der Waals surface area contributed by atoms with E-state index in [1.165, 1.54) is 71.0 Å². The molecule has 2 aliphatic rings. The summed E-state index contributed by atoms with van der Waals surface area (Å²) in [6, 6.07) is 0. The maximum absolute atomic E-state index is 6.03. The minimum Gasteiger partial charge on any atom is -0.330 e. The molecule has 0 radical (unpaired) electrons. The van der Waals surface area contributed by atoms with Gasteiger partial charge in [0.05, 0.1) is 0 Å². The number of likely N-dealkylation sites (tertiary alicyclic amines) is 1. The lowest BCUT2D eigenvalue weighted by molar-refractivity contribution is 0.0665. The molecule has 2 fully saturated rings. The maximum atomic E-state index is 6.03. The molecule has 0 amide bonds.